The molecule has 1 aromatic carbocycles. The minimum Gasteiger partial charge on any atom is -0.369 e. The monoisotopic (exact) mass is 291 g/mol. The molecule has 0 aromatic heterocycles. The molecule has 0 saturated heterocycles. The van der Waals surface area contributed by atoms with E-state index in [0.29, 0.717) is 24.6 Å². The lowest BCUT2D eigenvalue weighted by atomic mass is 10.1. The Morgan fingerprint density at radius 3 is 2.67 bits per heavy atom. The topological polar surface area (TPSA) is 72.3 Å². The van der Waals surface area contributed by atoms with Crippen molar-refractivity contribution in [1.82, 2.24) is 4.90 Å². The van der Waals surface area contributed by atoms with Gasteiger partial charge in [0.1, 0.15) is 5.82 Å². The number of amides is 1. The van der Waals surface area contributed by atoms with Crippen LogP contribution in [-0.4, -0.2) is 30.4 Å². The Labute approximate surface area is 125 Å². The molecule has 4 N–H and O–H groups in total. The van der Waals surface area contributed by atoms with Gasteiger partial charge in [-0.05, 0) is 29.7 Å². The third-order valence-electron chi connectivity index (χ3n) is 2.70. The van der Waals surface area contributed by atoms with Gasteiger partial charge in [-0.15, -0.1) is 0 Å². The Morgan fingerprint density at radius 1 is 1.38 bits per heavy atom. The minimum absolute atomic E-state index is 0.151. The second kappa shape index (κ2) is 8.40. The summed E-state index contributed by atoms with van der Waals surface area (Å²) in [5.41, 5.74) is 11.9. The molecule has 0 radical (unpaired) electrons. The van der Waals surface area contributed by atoms with Crippen LogP contribution in [-0.2, 0) is 11.3 Å². The number of rotatable bonds is 6. The molecule has 0 saturated carbocycles. The predicted molar refractivity (Wildman–Crippen MR) is 81.6 cm³/mol. The first-order valence-corrected chi connectivity index (χ1v) is 6.89. The zero-order valence-corrected chi connectivity index (χ0v) is 12.5. The van der Waals surface area contributed by atoms with Crippen molar-refractivity contribution in [1.29, 1.82) is 0 Å². The van der Waals surface area contributed by atoms with Gasteiger partial charge in [-0.3, -0.25) is 9.69 Å². The van der Waals surface area contributed by atoms with Crippen molar-refractivity contribution in [3.8, 4) is 11.8 Å². The highest BCUT2D eigenvalue weighted by Gasteiger charge is 2.12. The average Bonchev–Trinajstić information content (AvgIpc) is 2.33. The van der Waals surface area contributed by atoms with Crippen molar-refractivity contribution in [2.75, 3.05) is 19.6 Å². The van der Waals surface area contributed by atoms with Gasteiger partial charge in [0.15, 0.2) is 0 Å². The van der Waals surface area contributed by atoms with Crippen molar-refractivity contribution in [2.45, 2.75) is 20.4 Å². The largest absolute Gasteiger partial charge is 0.369 e. The number of carbonyl (C=O) groups is 1. The van der Waals surface area contributed by atoms with Crippen molar-refractivity contribution in [2.24, 2.45) is 17.4 Å². The molecule has 0 unspecified atom stereocenters. The zero-order valence-electron chi connectivity index (χ0n) is 12.5. The molecule has 0 aliphatic heterocycles. The fourth-order valence-electron chi connectivity index (χ4n) is 2.15. The summed E-state index contributed by atoms with van der Waals surface area (Å²) < 4.78 is 13.6. The maximum absolute atomic E-state index is 13.6. The van der Waals surface area contributed by atoms with Crippen LogP contribution < -0.4 is 11.5 Å². The molecular formula is C16H22FN3O. The molecule has 0 aliphatic rings. The van der Waals surface area contributed by atoms with Crippen LogP contribution in [0.5, 0.6) is 0 Å². The zero-order chi connectivity index (χ0) is 15.8. The van der Waals surface area contributed by atoms with E-state index >= 15 is 0 Å². The molecule has 0 fully saturated rings. The second-order valence-electron chi connectivity index (χ2n) is 5.38. The van der Waals surface area contributed by atoms with Gasteiger partial charge < -0.3 is 11.5 Å². The van der Waals surface area contributed by atoms with Crippen LogP contribution in [0.3, 0.4) is 0 Å². The first kappa shape index (κ1) is 17.2. The van der Waals surface area contributed by atoms with E-state index in [9.17, 15) is 9.18 Å². The molecule has 1 aromatic rings. The van der Waals surface area contributed by atoms with E-state index in [-0.39, 0.29) is 18.9 Å². The molecule has 0 heterocycles. The molecule has 4 nitrogen and oxygen atoms in total. The highest BCUT2D eigenvalue weighted by molar-refractivity contribution is 5.75. The van der Waals surface area contributed by atoms with Crippen LogP contribution in [0.4, 0.5) is 4.39 Å². The van der Waals surface area contributed by atoms with Crippen molar-refractivity contribution in [3.05, 3.63) is 35.1 Å². The quantitative estimate of drug-likeness (QED) is 0.770. The van der Waals surface area contributed by atoms with Gasteiger partial charge in [-0.2, -0.15) is 0 Å². The van der Waals surface area contributed by atoms with Crippen LogP contribution in [0.2, 0.25) is 0 Å². The standard InChI is InChI=1S/C16H22FN3O/c1-12(2)9-20(11-16(19)21)10-14-6-13(4-3-5-18)7-15(17)8-14/h6-8,12H,5,9-11,18H2,1-2H3,(H2,19,21). The summed E-state index contributed by atoms with van der Waals surface area (Å²) in [5, 5.41) is 0. The summed E-state index contributed by atoms with van der Waals surface area (Å²) in [6, 6.07) is 4.62. The Kier molecular flexibility index (Phi) is 6.86. The van der Waals surface area contributed by atoms with Gasteiger partial charge in [-0.1, -0.05) is 25.7 Å². The third kappa shape index (κ3) is 6.89. The van der Waals surface area contributed by atoms with Crippen LogP contribution in [0.15, 0.2) is 18.2 Å². The van der Waals surface area contributed by atoms with E-state index in [1.54, 1.807) is 6.07 Å². The Bertz CT molecular complexity index is 546. The summed E-state index contributed by atoms with van der Waals surface area (Å²) in [6.07, 6.45) is 0. The fraction of sp³-hybridized carbons (Fsp3) is 0.438. The van der Waals surface area contributed by atoms with Gasteiger partial charge >= 0.3 is 0 Å². The number of benzene rings is 1. The molecule has 114 valence electrons. The lowest BCUT2D eigenvalue weighted by Crippen LogP contribution is -2.35. The van der Waals surface area contributed by atoms with E-state index in [1.165, 1.54) is 12.1 Å². The Morgan fingerprint density at radius 2 is 2.10 bits per heavy atom. The summed E-state index contributed by atoms with van der Waals surface area (Å²) in [5.74, 6) is 5.16. The number of carbonyl (C=O) groups excluding carboxylic acids is 1. The van der Waals surface area contributed by atoms with Gasteiger partial charge in [0.25, 0.3) is 0 Å². The molecule has 5 heteroatoms. The number of primary amides is 1. The lowest BCUT2D eigenvalue weighted by molar-refractivity contribution is -0.119. The van der Waals surface area contributed by atoms with E-state index in [0.717, 1.165) is 5.56 Å². The predicted octanol–water partition coefficient (Wildman–Crippen LogP) is 1.08. The smallest absolute Gasteiger partial charge is 0.231 e. The van der Waals surface area contributed by atoms with Crippen LogP contribution >= 0.6 is 0 Å². The van der Waals surface area contributed by atoms with Crippen LogP contribution in [0.1, 0.15) is 25.0 Å². The Hall–Kier alpha value is -1.90. The summed E-state index contributed by atoms with van der Waals surface area (Å²) >= 11 is 0. The number of nitrogens with zero attached hydrogens (tertiary/aromatic N) is 1. The van der Waals surface area contributed by atoms with E-state index in [1.807, 2.05) is 4.90 Å². The Balaban J connectivity index is 2.91. The molecule has 0 bridgehead atoms. The number of hydrogen-bond acceptors (Lipinski definition) is 3. The van der Waals surface area contributed by atoms with Crippen molar-refractivity contribution in [3.63, 3.8) is 0 Å². The molecular weight excluding hydrogens is 269 g/mol. The first-order chi connectivity index (χ1) is 9.90. The average molecular weight is 291 g/mol. The maximum Gasteiger partial charge on any atom is 0.231 e. The molecule has 0 atom stereocenters. The lowest BCUT2D eigenvalue weighted by Gasteiger charge is -2.23. The van der Waals surface area contributed by atoms with Gasteiger partial charge in [-0.25, -0.2) is 4.39 Å². The highest BCUT2D eigenvalue weighted by atomic mass is 19.1. The van der Waals surface area contributed by atoms with E-state index in [2.05, 4.69) is 25.7 Å². The van der Waals surface area contributed by atoms with Gasteiger partial charge in [0, 0.05) is 18.7 Å². The van der Waals surface area contributed by atoms with Gasteiger partial charge in [0.05, 0.1) is 13.1 Å². The summed E-state index contributed by atoms with van der Waals surface area (Å²) in [6.45, 7) is 5.65. The highest BCUT2D eigenvalue weighted by Crippen LogP contribution is 2.12. The van der Waals surface area contributed by atoms with E-state index < -0.39 is 5.91 Å². The first-order valence-electron chi connectivity index (χ1n) is 6.89. The molecule has 21 heavy (non-hydrogen) atoms. The third-order valence-corrected chi connectivity index (χ3v) is 2.70. The van der Waals surface area contributed by atoms with E-state index in [4.69, 9.17) is 11.5 Å². The second-order valence-corrected chi connectivity index (χ2v) is 5.38. The van der Waals surface area contributed by atoms with Crippen LogP contribution in [0, 0.1) is 23.6 Å². The number of halogens is 1. The normalized spacial score (nSPS) is 10.6. The van der Waals surface area contributed by atoms with Crippen LogP contribution in [0.25, 0.3) is 0 Å². The molecule has 0 spiro atoms. The summed E-state index contributed by atoms with van der Waals surface area (Å²) in [4.78, 5) is 13.0. The molecule has 1 amide bonds. The van der Waals surface area contributed by atoms with Crippen molar-refractivity contribution < 1.29 is 9.18 Å². The van der Waals surface area contributed by atoms with Crippen molar-refractivity contribution >= 4 is 5.91 Å². The number of nitrogens with two attached hydrogens (primary N) is 2. The SMILES string of the molecule is CC(C)CN(CC(N)=O)Cc1cc(F)cc(C#CCN)c1. The number of hydrogen-bond donors (Lipinski definition) is 2. The molecule has 0 aliphatic carbocycles. The van der Waals surface area contributed by atoms with Gasteiger partial charge in [0.2, 0.25) is 5.91 Å². The fourth-order valence-corrected chi connectivity index (χ4v) is 2.15. The summed E-state index contributed by atoms with van der Waals surface area (Å²) in [7, 11) is 0. The maximum atomic E-state index is 13.6. The molecule has 1 rings (SSSR count). The minimum atomic E-state index is -0.393.